The Morgan fingerprint density at radius 3 is 2.24 bits per heavy atom. The van der Waals surface area contributed by atoms with Gasteiger partial charge in [0.1, 0.15) is 0 Å². The zero-order valence-electron chi connectivity index (χ0n) is 12.5. The standard InChI is InChI=1S/C18H18N2O/c1-12-8-10-15(11-9-12)17-14(3)18(21)19-20(17)16-7-5-4-6-13(16)2/h4-11H,1-3H3,(H,19,21). The van der Waals surface area contributed by atoms with Gasteiger partial charge in [-0.1, -0.05) is 48.0 Å². The molecule has 3 nitrogen and oxygen atoms in total. The molecule has 0 spiro atoms. The van der Waals surface area contributed by atoms with Gasteiger partial charge in [-0.3, -0.25) is 14.6 Å². The van der Waals surface area contributed by atoms with Crippen LogP contribution in [0.5, 0.6) is 0 Å². The SMILES string of the molecule is Cc1ccc(-c2c(C)c(=O)[nH]n2-c2ccccc2C)cc1. The van der Waals surface area contributed by atoms with Crippen molar-refractivity contribution in [1.82, 2.24) is 9.78 Å². The first-order valence-corrected chi connectivity index (χ1v) is 7.02. The number of hydrogen-bond acceptors (Lipinski definition) is 1. The Morgan fingerprint density at radius 1 is 0.905 bits per heavy atom. The molecule has 1 aromatic heterocycles. The number of para-hydroxylation sites is 1. The van der Waals surface area contributed by atoms with Crippen LogP contribution in [0.3, 0.4) is 0 Å². The van der Waals surface area contributed by atoms with Gasteiger partial charge in [0.25, 0.3) is 5.56 Å². The van der Waals surface area contributed by atoms with Crippen LogP contribution in [0, 0.1) is 20.8 Å². The molecule has 1 N–H and O–H groups in total. The van der Waals surface area contributed by atoms with Crippen LogP contribution in [0.2, 0.25) is 0 Å². The zero-order chi connectivity index (χ0) is 15.0. The summed E-state index contributed by atoms with van der Waals surface area (Å²) >= 11 is 0. The van der Waals surface area contributed by atoms with E-state index in [0.717, 1.165) is 28.1 Å². The summed E-state index contributed by atoms with van der Waals surface area (Å²) in [7, 11) is 0. The van der Waals surface area contributed by atoms with Gasteiger partial charge in [-0.05, 0) is 32.4 Å². The average molecular weight is 278 g/mol. The lowest BCUT2D eigenvalue weighted by molar-refractivity contribution is 0.864. The van der Waals surface area contributed by atoms with Crippen molar-refractivity contribution in [2.24, 2.45) is 0 Å². The Hall–Kier alpha value is -2.55. The van der Waals surface area contributed by atoms with Crippen molar-refractivity contribution in [2.75, 3.05) is 0 Å². The van der Waals surface area contributed by atoms with E-state index in [1.165, 1.54) is 5.56 Å². The van der Waals surface area contributed by atoms with Crippen molar-refractivity contribution < 1.29 is 0 Å². The number of nitrogens with one attached hydrogen (secondary N) is 1. The molecule has 0 atom stereocenters. The number of H-pyrrole nitrogens is 1. The molecule has 21 heavy (non-hydrogen) atoms. The van der Waals surface area contributed by atoms with E-state index in [4.69, 9.17) is 0 Å². The Bertz CT molecular complexity index is 838. The van der Waals surface area contributed by atoms with E-state index in [9.17, 15) is 4.79 Å². The van der Waals surface area contributed by atoms with Crippen LogP contribution in [0.4, 0.5) is 0 Å². The van der Waals surface area contributed by atoms with Crippen molar-refractivity contribution in [3.63, 3.8) is 0 Å². The van der Waals surface area contributed by atoms with Crippen molar-refractivity contribution in [2.45, 2.75) is 20.8 Å². The molecule has 3 rings (SSSR count). The van der Waals surface area contributed by atoms with Gasteiger partial charge in [-0.2, -0.15) is 0 Å². The highest BCUT2D eigenvalue weighted by atomic mass is 16.1. The lowest BCUT2D eigenvalue weighted by Crippen LogP contribution is -2.06. The maximum Gasteiger partial charge on any atom is 0.267 e. The largest absolute Gasteiger partial charge is 0.268 e. The molecule has 0 saturated carbocycles. The third kappa shape index (κ3) is 2.31. The summed E-state index contributed by atoms with van der Waals surface area (Å²) in [5.74, 6) is 0. The summed E-state index contributed by atoms with van der Waals surface area (Å²) in [6.07, 6.45) is 0. The highest BCUT2D eigenvalue weighted by Crippen LogP contribution is 2.25. The Balaban J connectivity index is 2.28. The van der Waals surface area contributed by atoms with Gasteiger partial charge in [-0.25, -0.2) is 0 Å². The van der Waals surface area contributed by atoms with Crippen LogP contribution >= 0.6 is 0 Å². The second-order valence-corrected chi connectivity index (χ2v) is 5.40. The van der Waals surface area contributed by atoms with Crippen molar-refractivity contribution in [3.05, 3.63) is 75.6 Å². The third-order valence-electron chi connectivity index (χ3n) is 3.81. The molecule has 0 amide bonds. The molecule has 0 aliphatic rings. The van der Waals surface area contributed by atoms with E-state index in [1.54, 1.807) is 0 Å². The van der Waals surface area contributed by atoms with Crippen molar-refractivity contribution >= 4 is 0 Å². The van der Waals surface area contributed by atoms with Gasteiger partial charge in [-0.15, -0.1) is 0 Å². The summed E-state index contributed by atoms with van der Waals surface area (Å²) in [4.78, 5) is 12.1. The normalized spacial score (nSPS) is 10.8. The van der Waals surface area contributed by atoms with E-state index < -0.39 is 0 Å². The molecule has 3 heteroatoms. The van der Waals surface area contributed by atoms with Crippen LogP contribution in [0.1, 0.15) is 16.7 Å². The first-order chi connectivity index (χ1) is 10.1. The summed E-state index contributed by atoms with van der Waals surface area (Å²) in [5.41, 5.74) is 5.98. The summed E-state index contributed by atoms with van der Waals surface area (Å²) < 4.78 is 1.89. The quantitative estimate of drug-likeness (QED) is 0.761. The molecule has 0 unspecified atom stereocenters. The molecule has 0 saturated heterocycles. The van der Waals surface area contributed by atoms with Gasteiger partial charge in [0.15, 0.2) is 0 Å². The lowest BCUT2D eigenvalue weighted by atomic mass is 10.1. The lowest BCUT2D eigenvalue weighted by Gasteiger charge is -2.12. The molecule has 2 aromatic carbocycles. The highest BCUT2D eigenvalue weighted by molar-refractivity contribution is 5.66. The topological polar surface area (TPSA) is 37.8 Å². The number of aromatic nitrogens is 2. The predicted octanol–water partition coefficient (Wildman–Crippen LogP) is 3.76. The fraction of sp³-hybridized carbons (Fsp3) is 0.167. The van der Waals surface area contributed by atoms with Crippen LogP contribution in [-0.2, 0) is 0 Å². The van der Waals surface area contributed by atoms with Crippen LogP contribution in [0.15, 0.2) is 53.3 Å². The molecule has 0 aliphatic heterocycles. The van der Waals surface area contributed by atoms with E-state index >= 15 is 0 Å². The zero-order valence-corrected chi connectivity index (χ0v) is 12.5. The first-order valence-electron chi connectivity index (χ1n) is 7.02. The molecule has 0 radical (unpaired) electrons. The summed E-state index contributed by atoms with van der Waals surface area (Å²) in [6.45, 7) is 5.97. The minimum absolute atomic E-state index is 0.0474. The highest BCUT2D eigenvalue weighted by Gasteiger charge is 2.15. The molecule has 3 aromatic rings. The van der Waals surface area contributed by atoms with Gasteiger partial charge in [0.2, 0.25) is 0 Å². The third-order valence-corrected chi connectivity index (χ3v) is 3.81. The Kier molecular flexibility index (Phi) is 3.26. The smallest absolute Gasteiger partial charge is 0.267 e. The number of aromatic amines is 1. The number of nitrogens with zero attached hydrogens (tertiary/aromatic N) is 1. The molecule has 106 valence electrons. The molecule has 0 fully saturated rings. The molecular formula is C18H18N2O. The fourth-order valence-electron chi connectivity index (χ4n) is 2.57. The van der Waals surface area contributed by atoms with E-state index in [0.29, 0.717) is 0 Å². The van der Waals surface area contributed by atoms with Gasteiger partial charge in [0, 0.05) is 11.1 Å². The van der Waals surface area contributed by atoms with Crippen LogP contribution in [0.25, 0.3) is 16.9 Å². The Morgan fingerprint density at radius 2 is 1.57 bits per heavy atom. The number of aryl methyl sites for hydroxylation is 2. The average Bonchev–Trinajstić information content (AvgIpc) is 2.76. The van der Waals surface area contributed by atoms with Crippen molar-refractivity contribution in [1.29, 1.82) is 0 Å². The molecular weight excluding hydrogens is 260 g/mol. The predicted molar refractivity (Wildman–Crippen MR) is 86.0 cm³/mol. The number of benzene rings is 2. The van der Waals surface area contributed by atoms with Gasteiger partial charge in [0.05, 0.1) is 11.4 Å². The maximum atomic E-state index is 12.1. The van der Waals surface area contributed by atoms with E-state index in [2.05, 4.69) is 36.3 Å². The first kappa shape index (κ1) is 13.4. The van der Waals surface area contributed by atoms with Crippen LogP contribution in [-0.4, -0.2) is 9.78 Å². The number of hydrogen-bond donors (Lipinski definition) is 1. The minimum atomic E-state index is -0.0474. The number of rotatable bonds is 2. The summed E-state index contributed by atoms with van der Waals surface area (Å²) in [6, 6.07) is 16.3. The monoisotopic (exact) mass is 278 g/mol. The summed E-state index contributed by atoms with van der Waals surface area (Å²) in [5, 5.41) is 2.94. The second-order valence-electron chi connectivity index (χ2n) is 5.40. The van der Waals surface area contributed by atoms with E-state index in [1.807, 2.05) is 42.8 Å². The van der Waals surface area contributed by atoms with Crippen molar-refractivity contribution in [3.8, 4) is 16.9 Å². The molecule has 0 aliphatic carbocycles. The molecule has 1 heterocycles. The fourth-order valence-corrected chi connectivity index (χ4v) is 2.57. The minimum Gasteiger partial charge on any atom is -0.268 e. The van der Waals surface area contributed by atoms with Gasteiger partial charge >= 0.3 is 0 Å². The van der Waals surface area contributed by atoms with Gasteiger partial charge < -0.3 is 0 Å². The molecule has 0 bridgehead atoms. The van der Waals surface area contributed by atoms with Crippen LogP contribution < -0.4 is 5.56 Å². The maximum absolute atomic E-state index is 12.1. The second kappa shape index (κ2) is 5.09. The Labute approximate surface area is 123 Å². The van der Waals surface area contributed by atoms with E-state index in [-0.39, 0.29) is 5.56 Å².